The van der Waals surface area contributed by atoms with Crippen LogP contribution in [-0.4, -0.2) is 26.5 Å². The van der Waals surface area contributed by atoms with E-state index in [4.69, 9.17) is 6.42 Å². The first-order chi connectivity index (χ1) is 8.13. The molecule has 0 heterocycles. The average Bonchev–Trinajstić information content (AvgIpc) is 2.34. The van der Waals surface area contributed by atoms with Crippen molar-refractivity contribution < 1.29 is 4.79 Å². The Labute approximate surface area is 102 Å². The minimum absolute atomic E-state index is 0.181. The number of anilines is 1. The van der Waals surface area contributed by atoms with Crippen molar-refractivity contribution >= 4 is 17.7 Å². The minimum Gasteiger partial charge on any atom is -0.378 e. The molecule has 1 amide bonds. The fourth-order valence-electron chi connectivity index (χ4n) is 1.25. The Morgan fingerprint density at radius 3 is 2.59 bits per heavy atom. The third-order valence-corrected chi connectivity index (χ3v) is 2.20. The molecule has 0 fully saturated rings. The summed E-state index contributed by atoms with van der Waals surface area (Å²) >= 11 is 0. The van der Waals surface area contributed by atoms with E-state index in [2.05, 4.69) is 11.2 Å². The highest BCUT2D eigenvalue weighted by atomic mass is 16.1. The summed E-state index contributed by atoms with van der Waals surface area (Å²) in [6.45, 7) is 0.253. The number of carbonyl (C=O) groups is 1. The van der Waals surface area contributed by atoms with Crippen LogP contribution in [0.25, 0.3) is 6.08 Å². The van der Waals surface area contributed by atoms with E-state index in [-0.39, 0.29) is 12.5 Å². The van der Waals surface area contributed by atoms with Gasteiger partial charge in [-0.25, -0.2) is 0 Å². The number of rotatable bonds is 4. The fourth-order valence-corrected chi connectivity index (χ4v) is 1.25. The monoisotopic (exact) mass is 228 g/mol. The zero-order valence-corrected chi connectivity index (χ0v) is 10.1. The number of nitrogens with zero attached hydrogens (tertiary/aromatic N) is 1. The molecular weight excluding hydrogens is 212 g/mol. The van der Waals surface area contributed by atoms with Gasteiger partial charge < -0.3 is 10.2 Å². The van der Waals surface area contributed by atoms with Gasteiger partial charge in [0.15, 0.2) is 0 Å². The smallest absolute Gasteiger partial charge is 0.244 e. The van der Waals surface area contributed by atoms with Crippen LogP contribution in [0.3, 0.4) is 0 Å². The molecule has 0 aliphatic rings. The number of hydrogen-bond acceptors (Lipinski definition) is 2. The van der Waals surface area contributed by atoms with E-state index in [0.29, 0.717) is 0 Å². The minimum atomic E-state index is -0.181. The highest BCUT2D eigenvalue weighted by Gasteiger charge is 1.95. The predicted molar refractivity (Wildman–Crippen MR) is 71.6 cm³/mol. The third kappa shape index (κ3) is 4.43. The first kappa shape index (κ1) is 12.9. The summed E-state index contributed by atoms with van der Waals surface area (Å²) in [5.41, 5.74) is 2.10. The van der Waals surface area contributed by atoms with Crippen molar-refractivity contribution in [3.63, 3.8) is 0 Å². The zero-order valence-electron chi connectivity index (χ0n) is 10.1. The zero-order chi connectivity index (χ0) is 12.7. The second-order valence-corrected chi connectivity index (χ2v) is 3.74. The molecule has 0 aliphatic carbocycles. The molecule has 3 heteroatoms. The van der Waals surface area contributed by atoms with Crippen LogP contribution in [0, 0.1) is 12.3 Å². The van der Waals surface area contributed by atoms with E-state index in [1.807, 2.05) is 43.3 Å². The largest absolute Gasteiger partial charge is 0.378 e. The molecule has 1 aromatic carbocycles. The van der Waals surface area contributed by atoms with E-state index in [1.54, 1.807) is 6.08 Å². The first-order valence-corrected chi connectivity index (χ1v) is 5.30. The van der Waals surface area contributed by atoms with Crippen molar-refractivity contribution in [2.45, 2.75) is 0 Å². The maximum Gasteiger partial charge on any atom is 0.244 e. The van der Waals surface area contributed by atoms with E-state index in [9.17, 15) is 4.79 Å². The molecule has 0 bridgehead atoms. The lowest BCUT2D eigenvalue weighted by Gasteiger charge is -2.11. The lowest BCUT2D eigenvalue weighted by Crippen LogP contribution is -2.20. The Morgan fingerprint density at radius 2 is 2.06 bits per heavy atom. The fraction of sp³-hybridized carbons (Fsp3) is 0.214. The maximum absolute atomic E-state index is 11.2. The molecular formula is C14H16N2O. The molecule has 0 aliphatic heterocycles. The van der Waals surface area contributed by atoms with E-state index in [1.165, 1.54) is 6.08 Å². The highest BCUT2D eigenvalue weighted by molar-refractivity contribution is 5.91. The summed E-state index contributed by atoms with van der Waals surface area (Å²) in [6.07, 6.45) is 8.27. The SMILES string of the molecule is C#CCNC(=O)/C=C/c1ccc(N(C)C)cc1. The first-order valence-electron chi connectivity index (χ1n) is 5.30. The molecule has 3 nitrogen and oxygen atoms in total. The van der Waals surface area contributed by atoms with Crippen LogP contribution in [0.1, 0.15) is 5.56 Å². The van der Waals surface area contributed by atoms with Gasteiger partial charge in [0, 0.05) is 25.9 Å². The number of nitrogens with one attached hydrogen (secondary N) is 1. The Morgan fingerprint density at radius 1 is 1.41 bits per heavy atom. The van der Waals surface area contributed by atoms with Crippen LogP contribution in [0.5, 0.6) is 0 Å². The van der Waals surface area contributed by atoms with Gasteiger partial charge in [0.1, 0.15) is 0 Å². The van der Waals surface area contributed by atoms with Gasteiger partial charge in [-0.2, -0.15) is 0 Å². The number of terminal acetylenes is 1. The summed E-state index contributed by atoms with van der Waals surface area (Å²) in [5.74, 6) is 2.16. The summed E-state index contributed by atoms with van der Waals surface area (Å²) in [6, 6.07) is 7.92. The van der Waals surface area contributed by atoms with Crippen LogP contribution >= 0.6 is 0 Å². The van der Waals surface area contributed by atoms with Crippen LogP contribution in [0.15, 0.2) is 30.3 Å². The molecule has 1 N–H and O–H groups in total. The van der Waals surface area contributed by atoms with Crippen LogP contribution in [-0.2, 0) is 4.79 Å². The van der Waals surface area contributed by atoms with Crippen molar-refractivity contribution in [2.24, 2.45) is 0 Å². The summed E-state index contributed by atoms with van der Waals surface area (Å²) in [7, 11) is 3.97. The second kappa shape index (κ2) is 6.39. The lowest BCUT2D eigenvalue weighted by molar-refractivity contribution is -0.116. The van der Waals surface area contributed by atoms with Gasteiger partial charge in [-0.05, 0) is 23.8 Å². The lowest BCUT2D eigenvalue weighted by atomic mass is 10.2. The third-order valence-electron chi connectivity index (χ3n) is 2.20. The maximum atomic E-state index is 11.2. The van der Waals surface area contributed by atoms with Crippen LogP contribution < -0.4 is 10.2 Å². The molecule has 0 radical (unpaired) electrons. The van der Waals surface area contributed by atoms with Crippen LogP contribution in [0.4, 0.5) is 5.69 Å². The molecule has 0 unspecified atom stereocenters. The molecule has 1 rings (SSSR count). The van der Waals surface area contributed by atoms with Gasteiger partial charge in [-0.15, -0.1) is 6.42 Å². The average molecular weight is 228 g/mol. The summed E-state index contributed by atoms with van der Waals surface area (Å²) < 4.78 is 0. The molecule has 0 saturated carbocycles. The van der Waals surface area contributed by atoms with Gasteiger partial charge in [0.2, 0.25) is 5.91 Å². The molecule has 1 aromatic rings. The summed E-state index contributed by atoms with van der Waals surface area (Å²) in [4.78, 5) is 13.3. The number of carbonyl (C=O) groups excluding carboxylic acids is 1. The van der Waals surface area contributed by atoms with Crippen molar-refractivity contribution in [1.82, 2.24) is 5.32 Å². The van der Waals surface area contributed by atoms with E-state index < -0.39 is 0 Å². The molecule has 0 aromatic heterocycles. The second-order valence-electron chi connectivity index (χ2n) is 3.74. The Balaban J connectivity index is 2.60. The molecule has 0 saturated heterocycles. The highest BCUT2D eigenvalue weighted by Crippen LogP contribution is 2.12. The van der Waals surface area contributed by atoms with Gasteiger partial charge in [0.05, 0.1) is 6.54 Å². The van der Waals surface area contributed by atoms with Crippen molar-refractivity contribution in [2.75, 3.05) is 25.5 Å². The number of benzene rings is 1. The summed E-state index contributed by atoms with van der Waals surface area (Å²) in [5, 5.41) is 2.56. The van der Waals surface area contributed by atoms with Crippen molar-refractivity contribution in [3.05, 3.63) is 35.9 Å². The predicted octanol–water partition coefficient (Wildman–Crippen LogP) is 1.52. The number of amides is 1. The van der Waals surface area contributed by atoms with Crippen molar-refractivity contribution in [3.8, 4) is 12.3 Å². The van der Waals surface area contributed by atoms with Gasteiger partial charge >= 0.3 is 0 Å². The van der Waals surface area contributed by atoms with E-state index in [0.717, 1.165) is 11.3 Å². The van der Waals surface area contributed by atoms with Crippen molar-refractivity contribution in [1.29, 1.82) is 0 Å². The Kier molecular flexibility index (Phi) is 4.83. The Bertz CT molecular complexity index is 438. The standard InChI is InChI=1S/C14H16N2O/c1-4-11-15-14(17)10-7-12-5-8-13(9-6-12)16(2)3/h1,5-10H,11H2,2-3H3,(H,15,17)/b10-7+. The quantitative estimate of drug-likeness (QED) is 0.626. The molecule has 0 spiro atoms. The Hall–Kier alpha value is -2.21. The van der Waals surface area contributed by atoms with Crippen LogP contribution in [0.2, 0.25) is 0 Å². The molecule has 88 valence electrons. The van der Waals surface area contributed by atoms with Gasteiger partial charge in [-0.3, -0.25) is 4.79 Å². The van der Waals surface area contributed by atoms with Gasteiger partial charge in [0.25, 0.3) is 0 Å². The number of hydrogen-bond donors (Lipinski definition) is 1. The van der Waals surface area contributed by atoms with E-state index >= 15 is 0 Å². The molecule has 0 atom stereocenters. The normalized spacial score (nSPS) is 9.94. The topological polar surface area (TPSA) is 32.3 Å². The molecule has 17 heavy (non-hydrogen) atoms. The van der Waals surface area contributed by atoms with Gasteiger partial charge in [-0.1, -0.05) is 18.1 Å².